The van der Waals surface area contributed by atoms with E-state index < -0.39 is 11.7 Å². The van der Waals surface area contributed by atoms with Gasteiger partial charge < -0.3 is 9.30 Å². The number of aromatic nitrogens is 1. The zero-order chi connectivity index (χ0) is 24.4. The molecule has 0 atom stereocenters. The fraction of sp³-hybridized carbons (Fsp3) is 0.200. The molecule has 0 N–H and O–H groups in total. The lowest BCUT2D eigenvalue weighted by molar-refractivity contribution is -0.137. The van der Waals surface area contributed by atoms with E-state index in [1.165, 1.54) is 16.3 Å². The van der Waals surface area contributed by atoms with E-state index in [-0.39, 0.29) is 0 Å². The van der Waals surface area contributed by atoms with Crippen molar-refractivity contribution in [2.45, 2.75) is 39.1 Å². The standard InChI is InChI=1S/C30H26F3NO/c1-2-5-25-19-34(18-21-9-12-26(13-10-21)30(31,32)33)29-15-14-27(17-28(25)29)35-20-22-8-11-23-6-3-4-7-24(23)16-22/h3-4,6-17,19H,2,5,18,20H2,1H3. The lowest BCUT2D eigenvalue weighted by Gasteiger charge is -2.10. The molecule has 4 aromatic carbocycles. The molecule has 5 rings (SSSR count). The molecule has 0 radical (unpaired) electrons. The van der Waals surface area contributed by atoms with Crippen molar-refractivity contribution >= 4 is 21.7 Å². The number of halogens is 3. The Kier molecular flexibility index (Phi) is 6.25. The van der Waals surface area contributed by atoms with Gasteiger partial charge in [0.05, 0.1) is 5.56 Å². The van der Waals surface area contributed by atoms with Gasteiger partial charge in [-0.2, -0.15) is 13.2 Å². The summed E-state index contributed by atoms with van der Waals surface area (Å²) in [6.07, 6.45) is -0.290. The van der Waals surface area contributed by atoms with Gasteiger partial charge in [-0.1, -0.05) is 61.9 Å². The second-order valence-electron chi connectivity index (χ2n) is 8.88. The van der Waals surface area contributed by atoms with E-state index in [1.54, 1.807) is 12.1 Å². The van der Waals surface area contributed by atoms with Crippen molar-refractivity contribution in [2.75, 3.05) is 0 Å². The van der Waals surface area contributed by atoms with Crippen LogP contribution in [0, 0.1) is 0 Å². The minimum Gasteiger partial charge on any atom is -0.489 e. The molecule has 0 amide bonds. The summed E-state index contributed by atoms with van der Waals surface area (Å²) in [6.45, 7) is 3.13. The summed E-state index contributed by atoms with van der Waals surface area (Å²) in [5.41, 5.74) is 3.57. The molecule has 2 nitrogen and oxygen atoms in total. The molecule has 1 aromatic heterocycles. The molecule has 0 bridgehead atoms. The lowest BCUT2D eigenvalue weighted by atomic mass is 10.1. The third kappa shape index (κ3) is 5.04. The molecule has 0 fully saturated rings. The molecule has 35 heavy (non-hydrogen) atoms. The van der Waals surface area contributed by atoms with Crippen LogP contribution in [0.4, 0.5) is 13.2 Å². The molecule has 5 heteroatoms. The maximum absolute atomic E-state index is 12.9. The third-order valence-corrected chi connectivity index (χ3v) is 6.31. The van der Waals surface area contributed by atoms with E-state index in [0.29, 0.717) is 13.2 Å². The Hall–Kier alpha value is -3.73. The summed E-state index contributed by atoms with van der Waals surface area (Å²) in [5, 5.41) is 3.51. The highest BCUT2D eigenvalue weighted by Crippen LogP contribution is 2.31. The molecule has 5 aromatic rings. The average molecular weight is 474 g/mol. The minimum absolute atomic E-state index is 0.478. The molecule has 0 aliphatic carbocycles. The van der Waals surface area contributed by atoms with Gasteiger partial charge in [-0.05, 0) is 70.3 Å². The van der Waals surface area contributed by atoms with E-state index in [9.17, 15) is 13.2 Å². The minimum atomic E-state index is -4.32. The van der Waals surface area contributed by atoms with E-state index in [4.69, 9.17) is 4.74 Å². The zero-order valence-electron chi connectivity index (χ0n) is 19.5. The number of aryl methyl sites for hydroxylation is 1. The molecule has 178 valence electrons. The molecule has 0 unspecified atom stereocenters. The highest BCUT2D eigenvalue weighted by molar-refractivity contribution is 5.86. The second kappa shape index (κ2) is 9.49. The second-order valence-corrected chi connectivity index (χ2v) is 8.88. The Labute approximate surface area is 202 Å². The van der Waals surface area contributed by atoms with Crippen molar-refractivity contribution in [3.05, 3.63) is 113 Å². The smallest absolute Gasteiger partial charge is 0.416 e. The van der Waals surface area contributed by atoms with Gasteiger partial charge >= 0.3 is 6.18 Å². The topological polar surface area (TPSA) is 14.2 Å². The van der Waals surface area contributed by atoms with Gasteiger partial charge in [-0.3, -0.25) is 0 Å². The first-order valence-corrected chi connectivity index (χ1v) is 11.8. The Morgan fingerprint density at radius 1 is 0.800 bits per heavy atom. The van der Waals surface area contributed by atoms with E-state index >= 15 is 0 Å². The normalized spacial score (nSPS) is 11.9. The first-order valence-electron chi connectivity index (χ1n) is 11.8. The maximum Gasteiger partial charge on any atom is 0.416 e. The van der Waals surface area contributed by atoms with Gasteiger partial charge in [0.2, 0.25) is 0 Å². The third-order valence-electron chi connectivity index (χ3n) is 6.31. The largest absolute Gasteiger partial charge is 0.489 e. The number of hydrogen-bond donors (Lipinski definition) is 0. The van der Waals surface area contributed by atoms with E-state index in [2.05, 4.69) is 54.1 Å². The maximum atomic E-state index is 12.9. The fourth-order valence-corrected chi connectivity index (χ4v) is 4.53. The van der Waals surface area contributed by atoms with Crippen LogP contribution in [-0.2, 0) is 25.7 Å². The van der Waals surface area contributed by atoms with Crippen LogP contribution in [0.2, 0.25) is 0 Å². The number of ether oxygens (including phenoxy) is 1. The predicted molar refractivity (Wildman–Crippen MR) is 135 cm³/mol. The Morgan fingerprint density at radius 2 is 1.54 bits per heavy atom. The van der Waals surface area contributed by atoms with E-state index in [1.807, 2.05) is 24.3 Å². The van der Waals surface area contributed by atoms with Gasteiger partial charge in [-0.15, -0.1) is 0 Å². The zero-order valence-corrected chi connectivity index (χ0v) is 19.5. The number of nitrogens with zero attached hydrogens (tertiary/aromatic N) is 1. The highest BCUT2D eigenvalue weighted by Gasteiger charge is 2.29. The number of rotatable bonds is 7. The first-order chi connectivity index (χ1) is 16.9. The number of fused-ring (bicyclic) bond motifs is 2. The summed E-state index contributed by atoms with van der Waals surface area (Å²) in [6, 6.07) is 26.1. The molecule has 1 heterocycles. The predicted octanol–water partition coefficient (Wildman–Crippen LogP) is 8.39. The molecule has 0 aliphatic heterocycles. The van der Waals surface area contributed by atoms with Crippen molar-refractivity contribution in [2.24, 2.45) is 0 Å². The highest BCUT2D eigenvalue weighted by atomic mass is 19.4. The lowest BCUT2D eigenvalue weighted by Crippen LogP contribution is -2.05. The SMILES string of the molecule is CCCc1cn(Cc2ccc(C(F)(F)F)cc2)c2ccc(OCc3ccc4ccccc4c3)cc12. The van der Waals surface area contributed by atoms with Crippen LogP contribution in [0.5, 0.6) is 5.75 Å². The van der Waals surface area contributed by atoms with Crippen LogP contribution in [0.1, 0.15) is 35.6 Å². The van der Waals surface area contributed by atoms with Gasteiger partial charge in [0, 0.05) is 23.6 Å². The summed E-state index contributed by atoms with van der Waals surface area (Å²) in [7, 11) is 0. The van der Waals surface area contributed by atoms with Crippen molar-refractivity contribution in [1.29, 1.82) is 0 Å². The molecular formula is C30H26F3NO. The summed E-state index contributed by atoms with van der Waals surface area (Å²) < 4.78 is 47.0. The van der Waals surface area contributed by atoms with Crippen LogP contribution in [-0.4, -0.2) is 4.57 Å². The van der Waals surface area contributed by atoms with Crippen LogP contribution in [0.25, 0.3) is 21.7 Å². The summed E-state index contributed by atoms with van der Waals surface area (Å²) >= 11 is 0. The molecular weight excluding hydrogens is 447 g/mol. The summed E-state index contributed by atoms with van der Waals surface area (Å²) in [5.74, 6) is 0.801. The number of benzene rings is 4. The molecule has 0 saturated heterocycles. The fourth-order valence-electron chi connectivity index (χ4n) is 4.53. The molecule has 0 saturated carbocycles. The average Bonchev–Trinajstić information content (AvgIpc) is 3.19. The van der Waals surface area contributed by atoms with Gasteiger partial charge in [0.1, 0.15) is 12.4 Å². The van der Waals surface area contributed by atoms with E-state index in [0.717, 1.165) is 52.8 Å². The van der Waals surface area contributed by atoms with Crippen molar-refractivity contribution in [3.8, 4) is 5.75 Å². The van der Waals surface area contributed by atoms with Crippen LogP contribution < -0.4 is 4.74 Å². The van der Waals surface area contributed by atoms with Crippen LogP contribution in [0.3, 0.4) is 0 Å². The van der Waals surface area contributed by atoms with Crippen molar-refractivity contribution in [3.63, 3.8) is 0 Å². The first kappa shape index (κ1) is 23.0. The number of alkyl halides is 3. The monoisotopic (exact) mass is 473 g/mol. The van der Waals surface area contributed by atoms with Gasteiger partial charge in [0.25, 0.3) is 0 Å². The van der Waals surface area contributed by atoms with Crippen molar-refractivity contribution < 1.29 is 17.9 Å². The quantitative estimate of drug-likeness (QED) is 0.231. The Morgan fingerprint density at radius 3 is 2.29 bits per heavy atom. The molecule has 0 spiro atoms. The summed E-state index contributed by atoms with van der Waals surface area (Å²) in [4.78, 5) is 0. The molecule has 0 aliphatic rings. The Balaban J connectivity index is 1.38. The van der Waals surface area contributed by atoms with Gasteiger partial charge in [0.15, 0.2) is 0 Å². The van der Waals surface area contributed by atoms with Crippen LogP contribution >= 0.6 is 0 Å². The van der Waals surface area contributed by atoms with Crippen LogP contribution in [0.15, 0.2) is 91.1 Å². The van der Waals surface area contributed by atoms with Gasteiger partial charge in [-0.25, -0.2) is 0 Å². The Bertz CT molecular complexity index is 1470. The number of hydrogen-bond acceptors (Lipinski definition) is 1. The van der Waals surface area contributed by atoms with Crippen molar-refractivity contribution in [1.82, 2.24) is 4.57 Å².